The summed E-state index contributed by atoms with van der Waals surface area (Å²) in [5.74, 6) is 0.675. The zero-order chi connectivity index (χ0) is 15.3. The zero-order valence-electron chi connectivity index (χ0n) is 12.0. The Labute approximate surface area is 125 Å². The molecule has 2 aromatic carbocycles. The Bertz CT molecular complexity index is 697. The summed E-state index contributed by atoms with van der Waals surface area (Å²) in [7, 11) is -0.214. The first-order valence-electron chi connectivity index (χ1n) is 6.45. The Morgan fingerprint density at radius 2 is 1.81 bits per heavy atom. The van der Waals surface area contributed by atoms with Gasteiger partial charge in [-0.2, -0.15) is 0 Å². The topological polar surface area (TPSA) is 67.4 Å². The van der Waals surface area contributed by atoms with Gasteiger partial charge in [0.2, 0.25) is 0 Å². The van der Waals surface area contributed by atoms with Gasteiger partial charge < -0.3 is 10.1 Å². The molecule has 0 amide bonds. The quantitative estimate of drug-likeness (QED) is 0.858. The average molecular weight is 306 g/mol. The van der Waals surface area contributed by atoms with Gasteiger partial charge in [-0.15, -0.1) is 0 Å². The summed E-state index contributed by atoms with van der Waals surface area (Å²) >= 11 is 0. The van der Waals surface area contributed by atoms with Crippen LogP contribution in [0.3, 0.4) is 0 Å². The lowest BCUT2D eigenvalue weighted by atomic mass is 10.2. The Hall–Kier alpha value is -2.05. The largest absolute Gasteiger partial charge is 0.497 e. The molecule has 0 saturated heterocycles. The summed E-state index contributed by atoms with van der Waals surface area (Å²) in [5, 5.41) is 3.00. The molecule has 0 aromatic heterocycles. The molecule has 0 aliphatic heterocycles. The van der Waals surface area contributed by atoms with Crippen LogP contribution in [0.25, 0.3) is 0 Å². The monoisotopic (exact) mass is 306 g/mol. The molecule has 21 heavy (non-hydrogen) atoms. The molecule has 0 radical (unpaired) electrons. The molecular weight excluding hydrogens is 288 g/mol. The van der Waals surface area contributed by atoms with Gasteiger partial charge >= 0.3 is 0 Å². The first-order valence-corrected chi connectivity index (χ1v) is 7.94. The number of anilines is 1. The SMILES string of the molecule is CNCc1cccc(S(=O)(=O)Nc2ccc(OC)cc2)c1. The number of hydrogen-bond donors (Lipinski definition) is 2. The number of hydrogen-bond acceptors (Lipinski definition) is 4. The van der Waals surface area contributed by atoms with E-state index in [2.05, 4.69) is 10.0 Å². The number of methoxy groups -OCH3 is 1. The third-order valence-corrected chi connectivity index (χ3v) is 4.31. The number of sulfonamides is 1. The van der Waals surface area contributed by atoms with E-state index in [0.717, 1.165) is 5.56 Å². The van der Waals surface area contributed by atoms with E-state index < -0.39 is 10.0 Å². The van der Waals surface area contributed by atoms with Crippen molar-refractivity contribution in [1.29, 1.82) is 0 Å². The van der Waals surface area contributed by atoms with Crippen LogP contribution >= 0.6 is 0 Å². The smallest absolute Gasteiger partial charge is 0.261 e. The molecular formula is C15H18N2O3S. The molecule has 6 heteroatoms. The van der Waals surface area contributed by atoms with Crippen molar-refractivity contribution in [3.05, 3.63) is 54.1 Å². The molecule has 2 rings (SSSR count). The number of ether oxygens (including phenoxy) is 1. The molecule has 0 spiro atoms. The van der Waals surface area contributed by atoms with Crippen LogP contribution in [0.15, 0.2) is 53.4 Å². The fraction of sp³-hybridized carbons (Fsp3) is 0.200. The summed E-state index contributed by atoms with van der Waals surface area (Å²) < 4.78 is 32.3. The highest BCUT2D eigenvalue weighted by molar-refractivity contribution is 7.92. The molecule has 0 heterocycles. The minimum atomic E-state index is -3.59. The van der Waals surface area contributed by atoms with Crippen LogP contribution in [0.1, 0.15) is 5.56 Å². The molecule has 0 bridgehead atoms. The van der Waals surface area contributed by atoms with Gasteiger partial charge in [-0.25, -0.2) is 8.42 Å². The van der Waals surface area contributed by atoms with Gasteiger partial charge in [0.1, 0.15) is 5.75 Å². The summed E-state index contributed by atoms with van der Waals surface area (Å²) in [4.78, 5) is 0.242. The summed E-state index contributed by atoms with van der Waals surface area (Å²) in [5.41, 5.74) is 1.41. The van der Waals surface area contributed by atoms with Gasteiger partial charge in [-0.05, 0) is 49.0 Å². The van der Waals surface area contributed by atoms with Gasteiger partial charge in [0.25, 0.3) is 10.0 Å². The average Bonchev–Trinajstić information content (AvgIpc) is 2.48. The van der Waals surface area contributed by atoms with E-state index in [1.165, 1.54) is 0 Å². The van der Waals surface area contributed by atoms with Crippen LogP contribution in [-0.4, -0.2) is 22.6 Å². The summed E-state index contributed by atoms with van der Waals surface area (Å²) in [6.07, 6.45) is 0. The van der Waals surface area contributed by atoms with Gasteiger partial charge in [-0.3, -0.25) is 4.72 Å². The van der Waals surface area contributed by atoms with Crippen LogP contribution in [0, 0.1) is 0 Å². The molecule has 0 atom stereocenters. The van der Waals surface area contributed by atoms with Crippen LogP contribution in [0.2, 0.25) is 0 Å². The predicted octanol–water partition coefficient (Wildman–Crippen LogP) is 2.22. The second-order valence-corrected chi connectivity index (χ2v) is 6.19. The van der Waals surface area contributed by atoms with E-state index in [1.54, 1.807) is 49.6 Å². The molecule has 0 fully saturated rings. The summed E-state index contributed by atoms with van der Waals surface area (Å²) in [6.45, 7) is 0.617. The Morgan fingerprint density at radius 1 is 1.10 bits per heavy atom. The highest BCUT2D eigenvalue weighted by atomic mass is 32.2. The van der Waals surface area contributed by atoms with E-state index in [4.69, 9.17) is 4.74 Å². The van der Waals surface area contributed by atoms with Gasteiger partial charge in [-0.1, -0.05) is 12.1 Å². The number of nitrogens with one attached hydrogen (secondary N) is 2. The third kappa shape index (κ3) is 3.96. The molecule has 112 valence electrons. The van der Waals surface area contributed by atoms with Crippen molar-refractivity contribution >= 4 is 15.7 Å². The highest BCUT2D eigenvalue weighted by Gasteiger charge is 2.14. The molecule has 0 aliphatic rings. The van der Waals surface area contributed by atoms with Crippen molar-refractivity contribution in [2.24, 2.45) is 0 Å². The van der Waals surface area contributed by atoms with E-state index in [0.29, 0.717) is 18.0 Å². The van der Waals surface area contributed by atoms with Gasteiger partial charge in [0.15, 0.2) is 0 Å². The second kappa shape index (κ2) is 6.60. The van der Waals surface area contributed by atoms with Gasteiger partial charge in [0, 0.05) is 12.2 Å². The highest BCUT2D eigenvalue weighted by Crippen LogP contribution is 2.19. The van der Waals surface area contributed by atoms with E-state index in [-0.39, 0.29) is 4.90 Å². The first kappa shape index (κ1) is 15.3. The Balaban J connectivity index is 2.22. The maximum absolute atomic E-state index is 12.3. The van der Waals surface area contributed by atoms with Crippen LogP contribution < -0.4 is 14.8 Å². The van der Waals surface area contributed by atoms with Crippen molar-refractivity contribution in [3.63, 3.8) is 0 Å². The van der Waals surface area contributed by atoms with Crippen LogP contribution in [-0.2, 0) is 16.6 Å². The predicted molar refractivity (Wildman–Crippen MR) is 83.0 cm³/mol. The molecule has 0 unspecified atom stereocenters. The maximum atomic E-state index is 12.3. The van der Waals surface area contributed by atoms with E-state index in [1.807, 2.05) is 13.1 Å². The van der Waals surface area contributed by atoms with Crippen molar-refractivity contribution in [2.75, 3.05) is 18.9 Å². The third-order valence-electron chi connectivity index (χ3n) is 2.93. The van der Waals surface area contributed by atoms with Crippen molar-refractivity contribution in [3.8, 4) is 5.75 Å². The summed E-state index contributed by atoms with van der Waals surface area (Å²) in [6, 6.07) is 13.6. The lowest BCUT2D eigenvalue weighted by molar-refractivity contribution is 0.415. The van der Waals surface area contributed by atoms with Crippen molar-refractivity contribution in [1.82, 2.24) is 5.32 Å². The minimum absolute atomic E-state index is 0.242. The molecule has 2 aromatic rings. The molecule has 0 aliphatic carbocycles. The molecule has 5 nitrogen and oxygen atoms in total. The van der Waals surface area contributed by atoms with E-state index in [9.17, 15) is 8.42 Å². The molecule has 2 N–H and O–H groups in total. The first-order chi connectivity index (χ1) is 10.0. The number of rotatable bonds is 6. The fourth-order valence-corrected chi connectivity index (χ4v) is 3.03. The van der Waals surface area contributed by atoms with Gasteiger partial charge in [0.05, 0.1) is 12.0 Å². The van der Waals surface area contributed by atoms with Crippen LogP contribution in [0.5, 0.6) is 5.75 Å². The van der Waals surface area contributed by atoms with Crippen LogP contribution in [0.4, 0.5) is 5.69 Å². The minimum Gasteiger partial charge on any atom is -0.497 e. The standard InChI is InChI=1S/C15H18N2O3S/c1-16-11-12-4-3-5-15(10-12)21(18,19)17-13-6-8-14(20-2)9-7-13/h3-10,16-17H,11H2,1-2H3. The second-order valence-electron chi connectivity index (χ2n) is 4.51. The zero-order valence-corrected chi connectivity index (χ0v) is 12.8. The normalized spacial score (nSPS) is 11.1. The maximum Gasteiger partial charge on any atom is 0.261 e. The van der Waals surface area contributed by atoms with E-state index >= 15 is 0 Å². The van der Waals surface area contributed by atoms with Crippen molar-refractivity contribution < 1.29 is 13.2 Å². The number of benzene rings is 2. The fourth-order valence-electron chi connectivity index (χ4n) is 1.90. The van der Waals surface area contributed by atoms with Crippen molar-refractivity contribution in [2.45, 2.75) is 11.4 Å². The lowest BCUT2D eigenvalue weighted by Crippen LogP contribution is -2.14. The lowest BCUT2D eigenvalue weighted by Gasteiger charge is -2.10. The Kier molecular flexibility index (Phi) is 4.82. The molecule has 0 saturated carbocycles. The Morgan fingerprint density at radius 3 is 2.43 bits per heavy atom.